The van der Waals surface area contributed by atoms with Gasteiger partial charge in [-0.2, -0.15) is 0 Å². The molecule has 1 heterocycles. The van der Waals surface area contributed by atoms with Crippen LogP contribution in [0.1, 0.15) is 0 Å². The molecule has 3 rings (SSSR count). The summed E-state index contributed by atoms with van der Waals surface area (Å²) in [5.41, 5.74) is -0.0862. The molecule has 0 aliphatic heterocycles. The molecule has 0 unspecified atom stereocenters. The van der Waals surface area contributed by atoms with Gasteiger partial charge in [-0.25, -0.2) is 0 Å². The Morgan fingerprint density at radius 2 is 1.86 bits per heavy atom. The van der Waals surface area contributed by atoms with Crippen molar-refractivity contribution in [2.24, 2.45) is 0 Å². The zero-order chi connectivity index (χ0) is 9.71. The van der Waals surface area contributed by atoms with Crippen molar-refractivity contribution in [1.29, 1.82) is 0 Å². The lowest BCUT2D eigenvalue weighted by Crippen LogP contribution is -2.22. The Kier molecular flexibility index (Phi) is 1.19. The van der Waals surface area contributed by atoms with Crippen LogP contribution in [0.4, 0.5) is 0 Å². The maximum Gasteiger partial charge on any atom is 0.234 e. The van der Waals surface area contributed by atoms with Gasteiger partial charge < -0.3 is 0 Å². The maximum absolute atomic E-state index is 11.6. The first-order valence-corrected chi connectivity index (χ1v) is 4.25. The zero-order valence-electron chi connectivity index (χ0n) is 7.15. The van der Waals surface area contributed by atoms with Gasteiger partial charge in [-0.05, 0) is 24.3 Å². The summed E-state index contributed by atoms with van der Waals surface area (Å²) in [4.78, 5) is 26.9. The van der Waals surface area contributed by atoms with Gasteiger partial charge in [0.1, 0.15) is 0 Å². The lowest BCUT2D eigenvalue weighted by Gasteiger charge is -2.03. The van der Waals surface area contributed by atoms with Crippen LogP contribution in [0.3, 0.4) is 0 Å². The van der Waals surface area contributed by atoms with Crippen LogP contribution in [0.2, 0.25) is 0 Å². The molecule has 0 N–H and O–H groups in total. The van der Waals surface area contributed by atoms with E-state index < -0.39 is 10.9 Å². The Hall–Kier alpha value is -2.03. The van der Waals surface area contributed by atoms with E-state index in [4.69, 9.17) is 0 Å². The third-order valence-corrected chi connectivity index (χ3v) is 2.45. The van der Waals surface area contributed by atoms with Crippen LogP contribution in [-0.2, 0) is 0 Å². The molecule has 3 heteroatoms. The molecule has 0 saturated carbocycles. The molecule has 2 aromatic carbocycles. The molecule has 0 atom stereocenters. The molecule has 0 aliphatic rings. The highest BCUT2D eigenvalue weighted by Gasteiger charge is 2.08. The summed E-state index contributed by atoms with van der Waals surface area (Å²) in [7, 11) is 0. The molecular formula is C11H5NO2. The van der Waals surface area contributed by atoms with E-state index in [1.807, 2.05) is 12.1 Å². The molecule has 0 amide bonds. The molecule has 3 nitrogen and oxygen atoms in total. The Morgan fingerprint density at radius 1 is 1.00 bits per heavy atom. The fourth-order valence-corrected chi connectivity index (χ4v) is 1.67. The lowest BCUT2D eigenvalue weighted by molar-refractivity contribution is 1.42. The summed E-state index contributed by atoms with van der Waals surface area (Å²) in [5, 5.41) is 2.04. The maximum atomic E-state index is 11.6. The summed E-state index contributed by atoms with van der Waals surface area (Å²) in [6, 6.07) is 6.57. The molecular weight excluding hydrogens is 178 g/mol. The van der Waals surface area contributed by atoms with Crippen molar-refractivity contribution < 1.29 is 0 Å². The molecule has 0 fully saturated rings. The van der Waals surface area contributed by atoms with Gasteiger partial charge in [-0.1, -0.05) is 0 Å². The standard InChI is InChI=1S/C11H5NO2/c13-9-4-1-6-5-12-8-3-2-7(8)10(6)11(9)14/h1-5H. The smallest absolute Gasteiger partial charge is 0.234 e. The van der Waals surface area contributed by atoms with E-state index in [1.165, 1.54) is 6.07 Å². The number of benzene rings is 1. The summed E-state index contributed by atoms with van der Waals surface area (Å²) < 4.78 is 0. The molecule has 0 aliphatic carbocycles. The van der Waals surface area contributed by atoms with E-state index in [0.717, 1.165) is 16.3 Å². The van der Waals surface area contributed by atoms with E-state index in [2.05, 4.69) is 4.98 Å². The molecule has 0 bridgehead atoms. The number of pyridine rings is 1. The van der Waals surface area contributed by atoms with Crippen LogP contribution in [0.25, 0.3) is 21.7 Å². The first kappa shape index (κ1) is 7.38. The fourth-order valence-electron chi connectivity index (χ4n) is 1.67. The minimum Gasteiger partial charge on any atom is -0.286 e. The Labute approximate surface area is 78.3 Å². The van der Waals surface area contributed by atoms with E-state index in [0.29, 0.717) is 5.39 Å². The van der Waals surface area contributed by atoms with E-state index >= 15 is 0 Å². The summed E-state index contributed by atoms with van der Waals surface area (Å²) >= 11 is 0. The largest absolute Gasteiger partial charge is 0.286 e. The Balaban J connectivity index is 2.75. The first-order chi connectivity index (χ1) is 6.77. The molecule has 0 spiro atoms. The van der Waals surface area contributed by atoms with Crippen molar-refractivity contribution in [3.05, 3.63) is 50.9 Å². The summed E-state index contributed by atoms with van der Waals surface area (Å²) in [6.45, 7) is 0. The molecule has 0 saturated heterocycles. The second-order valence-corrected chi connectivity index (χ2v) is 3.25. The average molecular weight is 183 g/mol. The number of nitrogens with zero attached hydrogens (tertiary/aromatic N) is 1. The second-order valence-electron chi connectivity index (χ2n) is 3.25. The van der Waals surface area contributed by atoms with Gasteiger partial charge in [-0.3, -0.25) is 14.6 Å². The molecule has 14 heavy (non-hydrogen) atoms. The molecule has 0 radical (unpaired) electrons. The predicted octanol–water partition coefficient (Wildman–Crippen LogP) is 0.984. The number of hydrogen-bond acceptors (Lipinski definition) is 3. The minimum atomic E-state index is -0.453. The lowest BCUT2D eigenvalue weighted by atomic mass is 10.0. The van der Waals surface area contributed by atoms with Gasteiger partial charge in [0.2, 0.25) is 10.9 Å². The average Bonchev–Trinajstić information content (AvgIpc) is 2.13. The second kappa shape index (κ2) is 2.26. The third kappa shape index (κ3) is 0.738. The SMILES string of the molecule is O=c1ccc2cnc3ccc3c2c1=O. The number of hydrogen-bond donors (Lipinski definition) is 0. The van der Waals surface area contributed by atoms with E-state index in [-0.39, 0.29) is 0 Å². The van der Waals surface area contributed by atoms with Gasteiger partial charge in [0.15, 0.2) is 0 Å². The Morgan fingerprint density at radius 3 is 2.57 bits per heavy atom. The fraction of sp³-hybridized carbons (Fsp3) is 0. The van der Waals surface area contributed by atoms with Crippen molar-refractivity contribution in [2.75, 3.05) is 0 Å². The quantitative estimate of drug-likeness (QED) is 0.488. The van der Waals surface area contributed by atoms with Crippen molar-refractivity contribution in [3.63, 3.8) is 0 Å². The topological polar surface area (TPSA) is 47.0 Å². The monoisotopic (exact) mass is 183 g/mol. The van der Waals surface area contributed by atoms with Crippen LogP contribution in [-0.4, -0.2) is 4.98 Å². The van der Waals surface area contributed by atoms with Crippen LogP contribution >= 0.6 is 0 Å². The van der Waals surface area contributed by atoms with Crippen LogP contribution in [0, 0.1) is 0 Å². The third-order valence-electron chi connectivity index (χ3n) is 2.45. The molecule has 1 aromatic heterocycles. The predicted molar refractivity (Wildman–Crippen MR) is 54.2 cm³/mol. The number of rotatable bonds is 0. The summed E-state index contributed by atoms with van der Waals surface area (Å²) in [5.74, 6) is 0. The van der Waals surface area contributed by atoms with E-state index in [1.54, 1.807) is 12.3 Å². The van der Waals surface area contributed by atoms with Gasteiger partial charge in [0.05, 0.1) is 5.52 Å². The first-order valence-electron chi connectivity index (χ1n) is 4.25. The van der Waals surface area contributed by atoms with Crippen LogP contribution in [0.5, 0.6) is 0 Å². The van der Waals surface area contributed by atoms with Crippen LogP contribution < -0.4 is 10.9 Å². The highest BCUT2D eigenvalue weighted by atomic mass is 16.2. The summed E-state index contributed by atoms with van der Waals surface area (Å²) in [6.07, 6.45) is 1.62. The van der Waals surface area contributed by atoms with Gasteiger partial charge in [-0.15, -0.1) is 0 Å². The normalized spacial score (nSPS) is 11.4. The highest BCUT2D eigenvalue weighted by molar-refractivity contribution is 6.07. The zero-order valence-corrected chi connectivity index (χ0v) is 7.15. The van der Waals surface area contributed by atoms with Crippen molar-refractivity contribution in [1.82, 2.24) is 4.98 Å². The van der Waals surface area contributed by atoms with Crippen LogP contribution in [0.15, 0.2) is 40.1 Å². The van der Waals surface area contributed by atoms with Gasteiger partial charge in [0, 0.05) is 22.4 Å². The Bertz CT molecular complexity index is 715. The van der Waals surface area contributed by atoms with Crippen molar-refractivity contribution >= 4 is 21.7 Å². The van der Waals surface area contributed by atoms with E-state index in [9.17, 15) is 9.59 Å². The number of fused-ring (bicyclic) bond motifs is 3. The highest BCUT2D eigenvalue weighted by Crippen LogP contribution is 2.22. The van der Waals surface area contributed by atoms with Crippen molar-refractivity contribution in [2.45, 2.75) is 0 Å². The van der Waals surface area contributed by atoms with Crippen molar-refractivity contribution in [3.8, 4) is 0 Å². The number of aromatic nitrogens is 1. The molecule has 3 aromatic rings. The van der Waals surface area contributed by atoms with Gasteiger partial charge >= 0.3 is 0 Å². The minimum absolute atomic E-state index is 0.425. The molecule has 66 valence electrons. The van der Waals surface area contributed by atoms with Gasteiger partial charge in [0.25, 0.3) is 0 Å².